The first-order valence-electron chi connectivity index (χ1n) is 2.41. The highest BCUT2D eigenvalue weighted by Crippen LogP contribution is 2.13. The Morgan fingerprint density at radius 2 is 2.70 bits per heavy atom. The molecular formula is C4H4N2O2S2. The van der Waals surface area contributed by atoms with Gasteiger partial charge in [-0.1, -0.05) is 11.8 Å². The maximum Gasteiger partial charge on any atom is 0.313 e. The van der Waals surface area contributed by atoms with E-state index in [9.17, 15) is 4.79 Å². The Labute approximate surface area is 65.6 Å². The zero-order valence-electron chi connectivity index (χ0n) is 4.85. The molecule has 0 aliphatic rings. The standard InChI is InChI=1S/C4H4N2O2S2/c7-4(8)2-9-3-1-5-10-6-3/h1H,2H2,(H,7,8). The number of rotatable bonds is 3. The zero-order chi connectivity index (χ0) is 7.40. The molecule has 0 unspecified atom stereocenters. The fourth-order valence-corrected chi connectivity index (χ4v) is 1.45. The largest absolute Gasteiger partial charge is 0.481 e. The van der Waals surface area contributed by atoms with Gasteiger partial charge in [-0.05, 0) is 0 Å². The second-order valence-corrected chi connectivity index (χ2v) is 2.98. The molecule has 1 aromatic rings. The van der Waals surface area contributed by atoms with Crippen molar-refractivity contribution in [1.29, 1.82) is 0 Å². The van der Waals surface area contributed by atoms with E-state index in [4.69, 9.17) is 5.11 Å². The smallest absolute Gasteiger partial charge is 0.313 e. The Kier molecular flexibility index (Phi) is 2.64. The van der Waals surface area contributed by atoms with Gasteiger partial charge in [0.25, 0.3) is 0 Å². The van der Waals surface area contributed by atoms with Crippen LogP contribution in [-0.4, -0.2) is 25.6 Å². The number of thioether (sulfide) groups is 1. The summed E-state index contributed by atoms with van der Waals surface area (Å²) in [6.07, 6.45) is 1.55. The van der Waals surface area contributed by atoms with Gasteiger partial charge in [0.05, 0.1) is 23.7 Å². The molecule has 0 saturated heterocycles. The molecule has 10 heavy (non-hydrogen) atoms. The predicted molar refractivity (Wildman–Crippen MR) is 38.3 cm³/mol. The molecule has 1 rings (SSSR count). The topological polar surface area (TPSA) is 63.1 Å². The molecule has 0 saturated carbocycles. The highest BCUT2D eigenvalue weighted by molar-refractivity contribution is 7.99. The molecule has 0 bridgehead atoms. The summed E-state index contributed by atoms with van der Waals surface area (Å²) in [4.78, 5) is 10.0. The minimum absolute atomic E-state index is 0.0470. The van der Waals surface area contributed by atoms with Gasteiger partial charge in [0.1, 0.15) is 5.03 Å². The SMILES string of the molecule is O=C(O)CSc1cnsn1. The quantitative estimate of drug-likeness (QED) is 0.687. The third-order valence-electron chi connectivity index (χ3n) is 0.685. The molecule has 54 valence electrons. The molecule has 6 heteroatoms. The lowest BCUT2D eigenvalue weighted by Crippen LogP contribution is -1.96. The summed E-state index contributed by atoms with van der Waals surface area (Å²) in [5, 5.41) is 8.92. The van der Waals surface area contributed by atoms with Crippen LogP contribution in [0.15, 0.2) is 11.2 Å². The minimum atomic E-state index is -0.835. The third-order valence-corrected chi connectivity index (χ3v) is 2.16. The Hall–Kier alpha value is -0.620. The van der Waals surface area contributed by atoms with E-state index in [2.05, 4.69) is 8.75 Å². The van der Waals surface area contributed by atoms with E-state index in [1.54, 1.807) is 6.20 Å². The summed E-state index contributed by atoms with van der Waals surface area (Å²) in [5.74, 6) is -0.788. The van der Waals surface area contributed by atoms with Crippen molar-refractivity contribution in [2.45, 2.75) is 5.03 Å². The molecule has 0 radical (unpaired) electrons. The summed E-state index contributed by atoms with van der Waals surface area (Å²) in [7, 11) is 0. The van der Waals surface area contributed by atoms with Crippen LogP contribution in [0.5, 0.6) is 0 Å². The number of carboxylic acids is 1. The summed E-state index contributed by atoms with van der Waals surface area (Å²) < 4.78 is 7.54. The summed E-state index contributed by atoms with van der Waals surface area (Å²) in [6.45, 7) is 0. The molecule has 1 heterocycles. The van der Waals surface area contributed by atoms with Gasteiger partial charge < -0.3 is 5.11 Å². The molecule has 1 N–H and O–H groups in total. The van der Waals surface area contributed by atoms with Crippen LogP contribution in [0.4, 0.5) is 0 Å². The van der Waals surface area contributed by atoms with E-state index in [1.165, 1.54) is 11.8 Å². The molecule has 0 aliphatic carbocycles. The molecule has 0 aromatic carbocycles. The van der Waals surface area contributed by atoms with Gasteiger partial charge in [-0.25, -0.2) is 0 Å². The fraction of sp³-hybridized carbons (Fsp3) is 0.250. The number of hydrogen-bond donors (Lipinski definition) is 1. The fourth-order valence-electron chi connectivity index (χ4n) is 0.355. The van der Waals surface area contributed by atoms with Gasteiger partial charge in [0.2, 0.25) is 0 Å². The summed E-state index contributed by atoms with van der Waals surface area (Å²) >= 11 is 2.25. The second-order valence-electron chi connectivity index (χ2n) is 1.43. The highest BCUT2D eigenvalue weighted by Gasteiger charge is 2.00. The maximum absolute atomic E-state index is 10.0. The molecule has 1 aromatic heterocycles. The predicted octanol–water partition coefficient (Wildman–Crippen LogP) is 0.715. The van der Waals surface area contributed by atoms with Gasteiger partial charge >= 0.3 is 5.97 Å². The Morgan fingerprint density at radius 3 is 3.20 bits per heavy atom. The van der Waals surface area contributed by atoms with Crippen LogP contribution in [0, 0.1) is 0 Å². The van der Waals surface area contributed by atoms with E-state index in [0.29, 0.717) is 5.03 Å². The van der Waals surface area contributed by atoms with Crippen molar-refractivity contribution < 1.29 is 9.90 Å². The van der Waals surface area contributed by atoms with Gasteiger partial charge in [0, 0.05) is 0 Å². The van der Waals surface area contributed by atoms with E-state index in [0.717, 1.165) is 11.7 Å². The monoisotopic (exact) mass is 176 g/mol. The molecule has 0 atom stereocenters. The Bertz CT molecular complexity index is 211. The van der Waals surface area contributed by atoms with Crippen LogP contribution >= 0.6 is 23.5 Å². The van der Waals surface area contributed by atoms with Gasteiger partial charge in [0.15, 0.2) is 0 Å². The number of carbonyl (C=O) groups is 1. The van der Waals surface area contributed by atoms with Crippen LogP contribution in [0.1, 0.15) is 0 Å². The molecule has 0 aliphatic heterocycles. The average Bonchev–Trinajstić information content (AvgIpc) is 2.34. The molecule has 0 spiro atoms. The van der Waals surface area contributed by atoms with E-state index in [1.807, 2.05) is 0 Å². The van der Waals surface area contributed by atoms with Gasteiger partial charge in [-0.3, -0.25) is 4.79 Å². The van der Waals surface area contributed by atoms with Crippen molar-refractivity contribution in [3.05, 3.63) is 6.20 Å². The van der Waals surface area contributed by atoms with Gasteiger partial charge in [-0.2, -0.15) is 8.75 Å². The summed E-state index contributed by atoms with van der Waals surface area (Å²) in [6, 6.07) is 0. The first kappa shape index (κ1) is 7.49. The summed E-state index contributed by atoms with van der Waals surface area (Å²) in [5.41, 5.74) is 0. The van der Waals surface area contributed by atoms with Crippen molar-refractivity contribution in [2.24, 2.45) is 0 Å². The first-order chi connectivity index (χ1) is 4.79. The number of carboxylic acid groups (broad SMARTS) is 1. The van der Waals surface area contributed by atoms with Crippen molar-refractivity contribution in [3.63, 3.8) is 0 Å². The third kappa shape index (κ3) is 2.32. The first-order valence-corrected chi connectivity index (χ1v) is 4.13. The Morgan fingerprint density at radius 1 is 1.90 bits per heavy atom. The van der Waals surface area contributed by atoms with Crippen molar-refractivity contribution >= 4 is 29.5 Å². The lowest BCUT2D eigenvalue weighted by molar-refractivity contribution is -0.133. The van der Waals surface area contributed by atoms with Crippen molar-refractivity contribution in [3.8, 4) is 0 Å². The van der Waals surface area contributed by atoms with Crippen LogP contribution in [0.25, 0.3) is 0 Å². The maximum atomic E-state index is 10.0. The Balaban J connectivity index is 2.35. The number of aromatic nitrogens is 2. The van der Waals surface area contributed by atoms with Crippen molar-refractivity contribution in [1.82, 2.24) is 8.75 Å². The molecule has 0 fully saturated rings. The van der Waals surface area contributed by atoms with E-state index in [-0.39, 0.29) is 5.75 Å². The van der Waals surface area contributed by atoms with E-state index >= 15 is 0 Å². The molecular weight excluding hydrogens is 172 g/mol. The number of hydrogen-bond acceptors (Lipinski definition) is 5. The lowest BCUT2D eigenvalue weighted by atomic mass is 10.8. The highest BCUT2D eigenvalue weighted by atomic mass is 32.2. The molecule has 0 amide bonds. The van der Waals surface area contributed by atoms with Gasteiger partial charge in [-0.15, -0.1) is 0 Å². The van der Waals surface area contributed by atoms with Crippen LogP contribution in [0.3, 0.4) is 0 Å². The molecule has 4 nitrogen and oxygen atoms in total. The number of nitrogens with zero attached hydrogens (tertiary/aromatic N) is 2. The van der Waals surface area contributed by atoms with Crippen LogP contribution < -0.4 is 0 Å². The lowest BCUT2D eigenvalue weighted by Gasteiger charge is -1.87. The normalized spacial score (nSPS) is 9.60. The van der Waals surface area contributed by atoms with Crippen molar-refractivity contribution in [2.75, 3.05) is 5.75 Å². The average molecular weight is 176 g/mol. The second kappa shape index (κ2) is 3.52. The number of aliphatic carboxylic acids is 1. The zero-order valence-corrected chi connectivity index (χ0v) is 6.48. The van der Waals surface area contributed by atoms with E-state index < -0.39 is 5.97 Å². The van der Waals surface area contributed by atoms with Crippen LogP contribution in [-0.2, 0) is 4.79 Å². The van der Waals surface area contributed by atoms with Crippen LogP contribution in [0.2, 0.25) is 0 Å². The minimum Gasteiger partial charge on any atom is -0.481 e.